The number of rotatable bonds is 11. The van der Waals surface area contributed by atoms with Crippen LogP contribution in [0.3, 0.4) is 0 Å². The summed E-state index contributed by atoms with van der Waals surface area (Å²) in [7, 11) is 0. The smallest absolute Gasteiger partial charge is 0.225 e. The lowest BCUT2D eigenvalue weighted by atomic mass is 9.95. The van der Waals surface area contributed by atoms with Crippen molar-refractivity contribution >= 4 is 33.4 Å². The monoisotopic (exact) mass is 508 g/mol. The zero-order valence-corrected chi connectivity index (χ0v) is 21.5. The van der Waals surface area contributed by atoms with E-state index in [2.05, 4.69) is 10.3 Å². The Morgan fingerprint density at radius 2 is 1.92 bits per heavy atom. The van der Waals surface area contributed by atoms with Crippen LogP contribution in [0.5, 0.6) is 0 Å². The fraction of sp³-hybridized carbons (Fsp3) is 0.464. The van der Waals surface area contributed by atoms with Gasteiger partial charge in [0, 0.05) is 19.5 Å². The molecule has 2 amide bonds. The summed E-state index contributed by atoms with van der Waals surface area (Å²) in [6, 6.07) is 17.3. The fourth-order valence-corrected chi connectivity index (χ4v) is 5.80. The Labute approximate surface area is 216 Å². The molecule has 1 saturated heterocycles. The number of piperidine rings is 1. The van der Waals surface area contributed by atoms with Crippen LogP contribution in [0.2, 0.25) is 0 Å². The molecule has 192 valence electrons. The van der Waals surface area contributed by atoms with Crippen molar-refractivity contribution in [2.24, 2.45) is 11.7 Å². The number of aromatic nitrogens is 1. The average Bonchev–Trinajstić information content (AvgIpc) is 3.36. The number of carbonyl (C=O) groups is 2. The van der Waals surface area contributed by atoms with Crippen LogP contribution in [-0.4, -0.2) is 52.5 Å². The Morgan fingerprint density at radius 1 is 1.14 bits per heavy atom. The van der Waals surface area contributed by atoms with Gasteiger partial charge in [0.25, 0.3) is 0 Å². The number of amides is 2. The molecule has 36 heavy (non-hydrogen) atoms. The summed E-state index contributed by atoms with van der Waals surface area (Å²) in [5.41, 5.74) is 7.67. The number of thiazole rings is 1. The number of aliphatic hydroxyl groups excluding tert-OH is 1. The highest BCUT2D eigenvalue weighted by Crippen LogP contribution is 2.30. The average molecular weight is 509 g/mol. The van der Waals surface area contributed by atoms with E-state index < -0.39 is 12.1 Å². The van der Waals surface area contributed by atoms with Gasteiger partial charge in [-0.05, 0) is 56.3 Å². The molecule has 0 spiro atoms. The second kappa shape index (κ2) is 12.9. The van der Waals surface area contributed by atoms with Crippen molar-refractivity contribution in [1.82, 2.24) is 15.2 Å². The van der Waals surface area contributed by atoms with E-state index in [1.165, 1.54) is 11.3 Å². The number of unbranched alkanes of at least 4 members (excludes halogenated alkanes) is 1. The molecule has 2 heterocycles. The molecule has 0 bridgehead atoms. The number of fused-ring (bicyclic) bond motifs is 1. The number of hydrogen-bond acceptors (Lipinski definition) is 6. The number of nitrogens with zero attached hydrogens (tertiary/aromatic N) is 2. The topological polar surface area (TPSA) is 109 Å². The quantitative estimate of drug-likeness (QED) is 0.341. The van der Waals surface area contributed by atoms with Crippen molar-refractivity contribution in [3.8, 4) is 0 Å². The van der Waals surface area contributed by atoms with Gasteiger partial charge in [-0.25, -0.2) is 4.98 Å². The minimum absolute atomic E-state index is 0.0883. The predicted molar refractivity (Wildman–Crippen MR) is 143 cm³/mol. The molecule has 2 aromatic carbocycles. The zero-order chi connectivity index (χ0) is 25.3. The molecule has 1 fully saturated rings. The Kier molecular flexibility index (Phi) is 9.44. The number of likely N-dealkylation sites (tertiary alicyclic amines) is 1. The Morgan fingerprint density at radius 3 is 2.69 bits per heavy atom. The molecule has 8 heteroatoms. The van der Waals surface area contributed by atoms with Crippen LogP contribution in [-0.2, 0) is 16.0 Å². The third-order valence-electron chi connectivity index (χ3n) is 6.86. The van der Waals surface area contributed by atoms with Crippen LogP contribution < -0.4 is 11.1 Å². The third kappa shape index (κ3) is 6.90. The maximum absolute atomic E-state index is 13.3. The van der Waals surface area contributed by atoms with Crippen LogP contribution in [0.4, 0.5) is 0 Å². The first kappa shape index (κ1) is 26.3. The van der Waals surface area contributed by atoms with Gasteiger partial charge in [-0.3, -0.25) is 9.59 Å². The van der Waals surface area contributed by atoms with Gasteiger partial charge in [0.1, 0.15) is 11.1 Å². The number of hydrogen-bond donors (Lipinski definition) is 3. The Balaban J connectivity index is 1.37. The van der Waals surface area contributed by atoms with Gasteiger partial charge in [0.2, 0.25) is 11.8 Å². The second-order valence-electron chi connectivity index (χ2n) is 9.53. The Bertz CT molecular complexity index is 1100. The number of carbonyl (C=O) groups excluding carboxylic acids is 2. The van der Waals surface area contributed by atoms with Crippen LogP contribution in [0, 0.1) is 5.92 Å². The van der Waals surface area contributed by atoms with E-state index in [9.17, 15) is 14.7 Å². The minimum Gasteiger partial charge on any atom is -0.384 e. The van der Waals surface area contributed by atoms with Gasteiger partial charge in [-0.1, -0.05) is 48.9 Å². The van der Waals surface area contributed by atoms with Crippen LogP contribution in [0.1, 0.15) is 55.2 Å². The summed E-state index contributed by atoms with van der Waals surface area (Å²) >= 11 is 1.45. The van der Waals surface area contributed by atoms with Gasteiger partial charge in [-0.15, -0.1) is 11.3 Å². The number of benzene rings is 2. The van der Waals surface area contributed by atoms with Gasteiger partial charge in [-0.2, -0.15) is 0 Å². The second-order valence-corrected chi connectivity index (χ2v) is 10.6. The van der Waals surface area contributed by atoms with E-state index in [1.807, 2.05) is 59.5 Å². The number of aliphatic hydroxyl groups is 1. The number of para-hydroxylation sites is 1. The van der Waals surface area contributed by atoms with E-state index in [0.29, 0.717) is 43.9 Å². The largest absolute Gasteiger partial charge is 0.384 e. The van der Waals surface area contributed by atoms with Crippen molar-refractivity contribution in [2.45, 2.75) is 57.1 Å². The van der Waals surface area contributed by atoms with E-state index in [1.54, 1.807) is 0 Å². The molecule has 2 unspecified atom stereocenters. The number of aryl methyl sites for hydroxylation is 1. The van der Waals surface area contributed by atoms with Gasteiger partial charge in [0.15, 0.2) is 0 Å². The van der Waals surface area contributed by atoms with E-state index in [0.717, 1.165) is 41.5 Å². The maximum Gasteiger partial charge on any atom is 0.225 e. The first-order valence-electron chi connectivity index (χ1n) is 12.9. The molecular weight excluding hydrogens is 472 g/mol. The van der Waals surface area contributed by atoms with Crippen molar-refractivity contribution in [3.63, 3.8) is 0 Å². The molecule has 3 atom stereocenters. The number of nitrogens with one attached hydrogen (secondary N) is 1. The zero-order valence-electron chi connectivity index (χ0n) is 20.6. The van der Waals surface area contributed by atoms with Gasteiger partial charge in [0.05, 0.1) is 22.2 Å². The first-order valence-corrected chi connectivity index (χ1v) is 13.7. The molecular formula is C28H36N4O3S. The normalized spacial score (nSPS) is 17.6. The maximum atomic E-state index is 13.3. The predicted octanol–water partition coefficient (Wildman–Crippen LogP) is 3.81. The summed E-state index contributed by atoms with van der Waals surface area (Å²) in [4.78, 5) is 32.6. The summed E-state index contributed by atoms with van der Waals surface area (Å²) in [6.07, 6.45) is 4.03. The molecule has 0 aliphatic carbocycles. The number of nitrogens with two attached hydrogens (primary N) is 1. The summed E-state index contributed by atoms with van der Waals surface area (Å²) < 4.78 is 1.01. The molecule has 4 N–H and O–H groups in total. The third-order valence-corrected chi connectivity index (χ3v) is 7.96. The van der Waals surface area contributed by atoms with E-state index in [-0.39, 0.29) is 17.7 Å². The van der Waals surface area contributed by atoms with E-state index >= 15 is 0 Å². The summed E-state index contributed by atoms with van der Waals surface area (Å²) in [5.74, 6) is -0.294. The molecule has 0 radical (unpaired) electrons. The van der Waals surface area contributed by atoms with Crippen molar-refractivity contribution in [3.05, 3.63) is 65.2 Å². The van der Waals surface area contributed by atoms with Crippen LogP contribution in [0.25, 0.3) is 10.2 Å². The van der Waals surface area contributed by atoms with Gasteiger partial charge >= 0.3 is 0 Å². The summed E-state index contributed by atoms with van der Waals surface area (Å²) in [5, 5.41) is 14.9. The highest BCUT2D eigenvalue weighted by atomic mass is 32.1. The highest BCUT2D eigenvalue weighted by molar-refractivity contribution is 7.18. The standard InChI is InChI=1S/C28H36N4O3S/c29-17-7-6-13-23(26(34)28-31-22-12-4-5-14-24(22)36-28)30-27(35)21-11-8-18-32(19-21)25(33)16-15-20-9-2-1-3-10-20/h1-5,9-10,12,14,21,23,26,34H,6-8,11,13,15-19,29H2,(H,30,35)/t21-,23?,26?/m1/s1. The van der Waals surface area contributed by atoms with Crippen LogP contribution in [0.15, 0.2) is 54.6 Å². The molecule has 0 saturated carbocycles. The SMILES string of the molecule is NCCCCC(NC(=O)[C@@H]1CCCN(C(=O)CCc2ccccc2)C1)C(O)c1nc2ccccc2s1. The molecule has 1 aromatic heterocycles. The highest BCUT2D eigenvalue weighted by Gasteiger charge is 2.32. The minimum atomic E-state index is -0.892. The first-order chi connectivity index (χ1) is 17.5. The van der Waals surface area contributed by atoms with Crippen molar-refractivity contribution in [1.29, 1.82) is 0 Å². The van der Waals surface area contributed by atoms with Crippen molar-refractivity contribution in [2.75, 3.05) is 19.6 Å². The fourth-order valence-electron chi connectivity index (χ4n) is 4.78. The molecule has 7 nitrogen and oxygen atoms in total. The Hall–Kier alpha value is -2.81. The molecule has 4 rings (SSSR count). The van der Waals surface area contributed by atoms with Crippen molar-refractivity contribution < 1.29 is 14.7 Å². The molecule has 1 aliphatic heterocycles. The van der Waals surface area contributed by atoms with E-state index in [4.69, 9.17) is 5.73 Å². The lowest BCUT2D eigenvalue weighted by molar-refractivity contribution is -0.136. The molecule has 1 aliphatic rings. The lowest BCUT2D eigenvalue weighted by Gasteiger charge is -2.33. The lowest BCUT2D eigenvalue weighted by Crippen LogP contribution is -2.48. The molecule has 3 aromatic rings. The summed E-state index contributed by atoms with van der Waals surface area (Å²) in [6.45, 7) is 1.68. The van der Waals surface area contributed by atoms with Gasteiger partial charge < -0.3 is 21.1 Å². The van der Waals surface area contributed by atoms with Crippen LogP contribution >= 0.6 is 11.3 Å².